The highest BCUT2D eigenvalue weighted by Gasteiger charge is 2.32. The van der Waals surface area contributed by atoms with E-state index in [2.05, 4.69) is 48.9 Å². The van der Waals surface area contributed by atoms with E-state index in [4.69, 9.17) is 4.74 Å². The highest BCUT2D eigenvalue weighted by molar-refractivity contribution is 9.10. The molecular formula is C17H27BrFNO. The topological polar surface area (TPSA) is 21.3 Å². The number of ether oxygens (including phenoxy) is 1. The van der Waals surface area contributed by atoms with Gasteiger partial charge in [0.2, 0.25) is 0 Å². The molecule has 0 saturated carbocycles. The summed E-state index contributed by atoms with van der Waals surface area (Å²) in [5.74, 6) is -0.202. The van der Waals surface area contributed by atoms with E-state index in [1.54, 1.807) is 12.1 Å². The smallest absolute Gasteiger partial charge is 0.123 e. The Kier molecular flexibility index (Phi) is 7.31. The van der Waals surface area contributed by atoms with Gasteiger partial charge in [0.25, 0.3) is 0 Å². The van der Waals surface area contributed by atoms with Gasteiger partial charge in [-0.05, 0) is 49.1 Å². The predicted octanol–water partition coefficient (Wildman–Crippen LogP) is 4.56. The molecule has 0 aromatic heterocycles. The zero-order valence-electron chi connectivity index (χ0n) is 13.7. The summed E-state index contributed by atoms with van der Waals surface area (Å²) in [7, 11) is 0. The van der Waals surface area contributed by atoms with Crippen LogP contribution in [-0.2, 0) is 11.2 Å². The van der Waals surface area contributed by atoms with Crippen LogP contribution in [0.4, 0.5) is 4.39 Å². The van der Waals surface area contributed by atoms with Crippen molar-refractivity contribution in [1.82, 2.24) is 5.32 Å². The molecular weight excluding hydrogens is 333 g/mol. The molecule has 0 aliphatic heterocycles. The maximum atomic E-state index is 13.5. The number of hydrogen-bond donors (Lipinski definition) is 1. The first-order chi connectivity index (χ1) is 9.79. The van der Waals surface area contributed by atoms with Gasteiger partial charge in [-0.2, -0.15) is 0 Å². The highest BCUT2D eigenvalue weighted by Crippen LogP contribution is 2.28. The average molecular weight is 360 g/mol. The summed E-state index contributed by atoms with van der Waals surface area (Å²) in [6.45, 7) is 12.2. The molecule has 0 aliphatic rings. The second-order valence-electron chi connectivity index (χ2n) is 6.35. The number of likely N-dealkylation sites (N-methyl/N-ethyl adjacent to an activating group) is 1. The monoisotopic (exact) mass is 359 g/mol. The van der Waals surface area contributed by atoms with E-state index >= 15 is 0 Å². The second-order valence-corrected chi connectivity index (χ2v) is 7.20. The summed E-state index contributed by atoms with van der Waals surface area (Å²) in [4.78, 5) is 0. The maximum absolute atomic E-state index is 13.5. The molecule has 4 heteroatoms. The molecule has 1 aromatic rings. The first-order valence-corrected chi connectivity index (χ1v) is 8.37. The Bertz CT molecular complexity index is 445. The van der Waals surface area contributed by atoms with Crippen LogP contribution in [0.3, 0.4) is 0 Å². The van der Waals surface area contributed by atoms with E-state index < -0.39 is 0 Å². The van der Waals surface area contributed by atoms with Crippen LogP contribution >= 0.6 is 15.9 Å². The lowest BCUT2D eigenvalue weighted by atomic mass is 9.82. The van der Waals surface area contributed by atoms with Crippen LogP contribution in [0.2, 0.25) is 0 Å². The lowest BCUT2D eigenvalue weighted by Crippen LogP contribution is -2.49. The molecule has 1 N–H and O–H groups in total. The van der Waals surface area contributed by atoms with Crippen LogP contribution in [0.15, 0.2) is 22.7 Å². The lowest BCUT2D eigenvalue weighted by molar-refractivity contribution is -0.0352. The van der Waals surface area contributed by atoms with Crippen molar-refractivity contribution in [3.05, 3.63) is 34.1 Å². The minimum Gasteiger partial charge on any atom is -0.376 e. The highest BCUT2D eigenvalue weighted by atomic mass is 79.9. The van der Waals surface area contributed by atoms with Crippen molar-refractivity contribution in [2.45, 2.75) is 53.2 Å². The van der Waals surface area contributed by atoms with Gasteiger partial charge in [-0.15, -0.1) is 0 Å². The molecule has 1 rings (SSSR count). The zero-order valence-corrected chi connectivity index (χ0v) is 15.3. The minimum atomic E-state index is -0.202. The van der Waals surface area contributed by atoms with Gasteiger partial charge in [-0.25, -0.2) is 4.39 Å². The SMILES string of the molecule is CCNC(Cc1cc(F)ccc1Br)C(OCC)C(C)(C)C. The molecule has 0 aliphatic carbocycles. The third kappa shape index (κ3) is 5.68. The fraction of sp³-hybridized carbons (Fsp3) is 0.647. The number of nitrogens with one attached hydrogen (secondary N) is 1. The van der Waals surface area contributed by atoms with E-state index in [0.717, 1.165) is 23.0 Å². The zero-order chi connectivity index (χ0) is 16.0. The minimum absolute atomic E-state index is 0.0165. The van der Waals surface area contributed by atoms with Gasteiger partial charge in [-0.3, -0.25) is 0 Å². The summed E-state index contributed by atoms with van der Waals surface area (Å²) in [6.07, 6.45) is 0.798. The Morgan fingerprint density at radius 3 is 2.48 bits per heavy atom. The van der Waals surface area contributed by atoms with E-state index in [0.29, 0.717) is 6.61 Å². The fourth-order valence-corrected chi connectivity index (χ4v) is 3.04. The summed E-state index contributed by atoms with van der Waals surface area (Å²) in [6, 6.07) is 4.98. The van der Waals surface area contributed by atoms with Crippen LogP contribution in [0.25, 0.3) is 0 Å². The molecule has 0 heterocycles. The fourth-order valence-electron chi connectivity index (χ4n) is 2.63. The third-order valence-electron chi connectivity index (χ3n) is 3.48. The number of rotatable bonds is 7. The molecule has 2 atom stereocenters. The van der Waals surface area contributed by atoms with Gasteiger partial charge in [0.1, 0.15) is 5.82 Å². The summed E-state index contributed by atoms with van der Waals surface area (Å²) in [5, 5.41) is 3.50. The normalized spacial score (nSPS) is 15.0. The molecule has 0 radical (unpaired) electrons. The molecule has 0 spiro atoms. The molecule has 0 saturated heterocycles. The molecule has 0 fully saturated rings. The first-order valence-electron chi connectivity index (χ1n) is 7.58. The molecule has 2 nitrogen and oxygen atoms in total. The van der Waals surface area contributed by atoms with Gasteiger partial charge >= 0.3 is 0 Å². The van der Waals surface area contributed by atoms with Crippen LogP contribution < -0.4 is 5.32 Å². The van der Waals surface area contributed by atoms with Gasteiger partial charge < -0.3 is 10.1 Å². The van der Waals surface area contributed by atoms with E-state index in [9.17, 15) is 4.39 Å². The van der Waals surface area contributed by atoms with Gasteiger partial charge in [0.05, 0.1) is 6.10 Å². The third-order valence-corrected chi connectivity index (χ3v) is 4.25. The molecule has 120 valence electrons. The Balaban J connectivity index is 3.01. The summed E-state index contributed by atoms with van der Waals surface area (Å²) in [5.41, 5.74) is 0.984. The predicted molar refractivity (Wildman–Crippen MR) is 90.1 cm³/mol. The largest absolute Gasteiger partial charge is 0.376 e. The van der Waals surface area contributed by atoms with Crippen molar-refractivity contribution < 1.29 is 9.13 Å². The number of hydrogen-bond acceptors (Lipinski definition) is 2. The number of halogens is 2. The Labute approximate surface area is 136 Å². The molecule has 1 aromatic carbocycles. The number of benzene rings is 1. The van der Waals surface area contributed by atoms with Crippen molar-refractivity contribution >= 4 is 15.9 Å². The maximum Gasteiger partial charge on any atom is 0.123 e. The molecule has 2 unspecified atom stereocenters. The summed E-state index contributed by atoms with van der Waals surface area (Å²) >= 11 is 3.51. The second kappa shape index (κ2) is 8.25. The molecule has 0 amide bonds. The van der Waals surface area contributed by atoms with Crippen molar-refractivity contribution in [2.75, 3.05) is 13.2 Å². The van der Waals surface area contributed by atoms with Crippen LogP contribution in [0, 0.1) is 11.2 Å². The van der Waals surface area contributed by atoms with Gasteiger partial charge in [0, 0.05) is 17.1 Å². The van der Waals surface area contributed by atoms with Crippen molar-refractivity contribution in [3.63, 3.8) is 0 Å². The quantitative estimate of drug-likeness (QED) is 0.770. The summed E-state index contributed by atoms with van der Waals surface area (Å²) < 4.78 is 20.4. The van der Waals surface area contributed by atoms with Crippen LogP contribution in [0.5, 0.6) is 0 Å². The molecule has 0 bridgehead atoms. The standard InChI is InChI=1S/C17H27BrFNO/c1-6-20-15(16(21-7-2)17(3,4)5)11-12-10-13(19)8-9-14(12)18/h8-10,15-16,20H,6-7,11H2,1-5H3. The first kappa shape index (κ1) is 18.6. The van der Waals surface area contributed by atoms with E-state index in [-0.39, 0.29) is 23.4 Å². The van der Waals surface area contributed by atoms with Gasteiger partial charge in [0.15, 0.2) is 0 Å². The van der Waals surface area contributed by atoms with E-state index in [1.165, 1.54) is 6.07 Å². The Morgan fingerprint density at radius 1 is 1.29 bits per heavy atom. The lowest BCUT2D eigenvalue weighted by Gasteiger charge is -2.37. The Hall–Kier alpha value is -0.450. The average Bonchev–Trinajstić information content (AvgIpc) is 2.38. The Morgan fingerprint density at radius 2 is 1.95 bits per heavy atom. The van der Waals surface area contributed by atoms with Crippen LogP contribution in [0.1, 0.15) is 40.2 Å². The van der Waals surface area contributed by atoms with Gasteiger partial charge in [-0.1, -0.05) is 43.6 Å². The van der Waals surface area contributed by atoms with Crippen molar-refractivity contribution in [2.24, 2.45) is 5.41 Å². The van der Waals surface area contributed by atoms with Crippen molar-refractivity contribution in [3.8, 4) is 0 Å². The van der Waals surface area contributed by atoms with Crippen molar-refractivity contribution in [1.29, 1.82) is 0 Å². The molecule has 21 heavy (non-hydrogen) atoms. The van der Waals surface area contributed by atoms with Crippen LogP contribution in [-0.4, -0.2) is 25.3 Å². The van der Waals surface area contributed by atoms with E-state index in [1.807, 2.05) is 6.92 Å².